The molecule has 0 bridgehead atoms. The summed E-state index contributed by atoms with van der Waals surface area (Å²) in [6, 6.07) is 0. The highest BCUT2D eigenvalue weighted by Crippen LogP contribution is 2.18. The van der Waals surface area contributed by atoms with Crippen LogP contribution in [0.1, 0.15) is 40.0 Å². The SMILES string of the molecule is CCCCC(C)(C)OC(=O)C=CC(=O)O. The summed E-state index contributed by atoms with van der Waals surface area (Å²) in [5, 5.41) is 8.31. The highest BCUT2D eigenvalue weighted by molar-refractivity contribution is 5.90. The molecule has 15 heavy (non-hydrogen) atoms. The Morgan fingerprint density at radius 2 is 1.93 bits per heavy atom. The Morgan fingerprint density at radius 3 is 2.40 bits per heavy atom. The van der Waals surface area contributed by atoms with E-state index in [4.69, 9.17) is 9.84 Å². The van der Waals surface area contributed by atoms with Crippen molar-refractivity contribution in [1.29, 1.82) is 0 Å². The van der Waals surface area contributed by atoms with Gasteiger partial charge >= 0.3 is 11.9 Å². The summed E-state index contributed by atoms with van der Waals surface area (Å²) in [4.78, 5) is 21.3. The Kier molecular flexibility index (Phi) is 5.67. The van der Waals surface area contributed by atoms with Crippen LogP contribution in [0.5, 0.6) is 0 Å². The zero-order valence-electron chi connectivity index (χ0n) is 9.45. The molecule has 0 unspecified atom stereocenters. The molecule has 0 heterocycles. The number of esters is 1. The number of ether oxygens (including phenoxy) is 1. The van der Waals surface area contributed by atoms with Gasteiger partial charge in [0.25, 0.3) is 0 Å². The van der Waals surface area contributed by atoms with Crippen molar-refractivity contribution in [2.24, 2.45) is 0 Å². The molecule has 4 nitrogen and oxygen atoms in total. The first kappa shape index (κ1) is 13.7. The van der Waals surface area contributed by atoms with Gasteiger partial charge in [0.05, 0.1) is 0 Å². The quantitative estimate of drug-likeness (QED) is 0.543. The van der Waals surface area contributed by atoms with Crippen molar-refractivity contribution in [3.63, 3.8) is 0 Å². The second-order valence-electron chi connectivity index (χ2n) is 3.96. The number of aliphatic carboxylic acids is 1. The predicted molar refractivity (Wildman–Crippen MR) is 56.5 cm³/mol. The number of unbranched alkanes of at least 4 members (excludes halogenated alkanes) is 1. The summed E-state index contributed by atoms with van der Waals surface area (Å²) < 4.78 is 5.10. The number of carbonyl (C=O) groups excluding carboxylic acids is 1. The van der Waals surface area contributed by atoms with Gasteiger partial charge in [0.1, 0.15) is 5.60 Å². The lowest BCUT2D eigenvalue weighted by Crippen LogP contribution is -2.27. The fourth-order valence-electron chi connectivity index (χ4n) is 1.10. The molecule has 0 saturated carbocycles. The monoisotopic (exact) mass is 214 g/mol. The number of hydrogen-bond donors (Lipinski definition) is 1. The maximum atomic E-state index is 11.2. The second kappa shape index (κ2) is 6.22. The third-order valence-electron chi connectivity index (χ3n) is 1.87. The molecule has 0 aliphatic carbocycles. The number of hydrogen-bond acceptors (Lipinski definition) is 3. The fraction of sp³-hybridized carbons (Fsp3) is 0.636. The van der Waals surface area contributed by atoms with Crippen molar-refractivity contribution < 1.29 is 19.4 Å². The molecule has 86 valence electrons. The third kappa shape index (κ3) is 7.73. The van der Waals surface area contributed by atoms with Crippen molar-refractivity contribution in [2.75, 3.05) is 0 Å². The van der Waals surface area contributed by atoms with Gasteiger partial charge < -0.3 is 9.84 Å². The van der Waals surface area contributed by atoms with Crippen LogP contribution < -0.4 is 0 Å². The maximum absolute atomic E-state index is 11.2. The topological polar surface area (TPSA) is 63.6 Å². The molecule has 0 amide bonds. The Hall–Kier alpha value is -1.32. The summed E-state index contributed by atoms with van der Waals surface area (Å²) in [6.07, 6.45) is 4.49. The molecule has 0 aromatic heterocycles. The Bertz CT molecular complexity index is 253. The van der Waals surface area contributed by atoms with E-state index in [0.717, 1.165) is 31.4 Å². The maximum Gasteiger partial charge on any atom is 0.331 e. The third-order valence-corrected chi connectivity index (χ3v) is 1.87. The Labute approximate surface area is 89.9 Å². The van der Waals surface area contributed by atoms with Gasteiger partial charge in [0.15, 0.2) is 0 Å². The van der Waals surface area contributed by atoms with E-state index in [2.05, 4.69) is 6.92 Å². The summed E-state index contributed by atoms with van der Waals surface area (Å²) in [5.41, 5.74) is -0.532. The van der Waals surface area contributed by atoms with Crippen molar-refractivity contribution in [3.05, 3.63) is 12.2 Å². The van der Waals surface area contributed by atoms with E-state index in [1.165, 1.54) is 0 Å². The Morgan fingerprint density at radius 1 is 1.33 bits per heavy atom. The molecule has 4 heteroatoms. The number of rotatable bonds is 6. The zero-order chi connectivity index (χ0) is 11.9. The minimum atomic E-state index is -1.15. The van der Waals surface area contributed by atoms with Crippen molar-refractivity contribution in [2.45, 2.75) is 45.6 Å². The van der Waals surface area contributed by atoms with Gasteiger partial charge in [-0.2, -0.15) is 0 Å². The first-order valence-corrected chi connectivity index (χ1v) is 5.01. The van der Waals surface area contributed by atoms with Gasteiger partial charge in [-0.05, 0) is 26.7 Å². The molecular formula is C11H18O4. The summed E-state index contributed by atoms with van der Waals surface area (Å²) >= 11 is 0. The van der Waals surface area contributed by atoms with E-state index < -0.39 is 17.5 Å². The average molecular weight is 214 g/mol. The first-order valence-electron chi connectivity index (χ1n) is 5.01. The van der Waals surface area contributed by atoms with Crippen molar-refractivity contribution in [3.8, 4) is 0 Å². The summed E-state index contributed by atoms with van der Waals surface area (Å²) in [6.45, 7) is 5.69. The molecule has 0 aromatic rings. The fourth-order valence-corrected chi connectivity index (χ4v) is 1.10. The largest absolute Gasteiger partial charge is 0.478 e. The van der Waals surface area contributed by atoms with Crippen LogP contribution in [0.4, 0.5) is 0 Å². The lowest BCUT2D eigenvalue weighted by Gasteiger charge is -2.24. The molecule has 0 radical (unpaired) electrons. The van der Waals surface area contributed by atoms with Gasteiger partial charge in [-0.1, -0.05) is 13.3 Å². The molecule has 0 atom stereocenters. The minimum Gasteiger partial charge on any atom is -0.478 e. The van der Waals surface area contributed by atoms with Crippen LogP contribution in [0.2, 0.25) is 0 Å². The molecule has 1 N–H and O–H groups in total. The second-order valence-corrected chi connectivity index (χ2v) is 3.96. The lowest BCUT2D eigenvalue weighted by atomic mass is 10.0. The van der Waals surface area contributed by atoms with Crippen LogP contribution >= 0.6 is 0 Å². The average Bonchev–Trinajstić information content (AvgIpc) is 2.11. The number of carboxylic acid groups (broad SMARTS) is 1. The summed E-state index contributed by atoms with van der Waals surface area (Å²) in [7, 11) is 0. The van der Waals surface area contributed by atoms with Crippen LogP contribution in [-0.2, 0) is 14.3 Å². The van der Waals surface area contributed by atoms with E-state index in [-0.39, 0.29) is 0 Å². The molecule has 0 aliphatic heterocycles. The minimum absolute atomic E-state index is 0.532. The van der Waals surface area contributed by atoms with Crippen molar-refractivity contribution >= 4 is 11.9 Å². The van der Waals surface area contributed by atoms with Gasteiger partial charge in [-0.25, -0.2) is 9.59 Å². The highest BCUT2D eigenvalue weighted by Gasteiger charge is 2.20. The molecular weight excluding hydrogens is 196 g/mol. The van der Waals surface area contributed by atoms with E-state index in [1.54, 1.807) is 0 Å². The van der Waals surface area contributed by atoms with E-state index in [0.29, 0.717) is 0 Å². The van der Waals surface area contributed by atoms with Crippen LogP contribution in [-0.4, -0.2) is 22.6 Å². The normalized spacial score (nSPS) is 11.7. The van der Waals surface area contributed by atoms with Crippen LogP contribution in [0.3, 0.4) is 0 Å². The van der Waals surface area contributed by atoms with Crippen LogP contribution in [0, 0.1) is 0 Å². The van der Waals surface area contributed by atoms with E-state index in [1.807, 2.05) is 13.8 Å². The highest BCUT2D eigenvalue weighted by atomic mass is 16.6. The van der Waals surface area contributed by atoms with E-state index >= 15 is 0 Å². The van der Waals surface area contributed by atoms with Crippen LogP contribution in [0.25, 0.3) is 0 Å². The lowest BCUT2D eigenvalue weighted by molar-refractivity contribution is -0.151. The van der Waals surface area contributed by atoms with Crippen LogP contribution in [0.15, 0.2) is 12.2 Å². The molecule has 0 aromatic carbocycles. The molecule has 0 spiro atoms. The smallest absolute Gasteiger partial charge is 0.331 e. The standard InChI is InChI=1S/C11H18O4/c1-4-5-8-11(2,3)15-10(14)7-6-9(12)13/h6-7H,4-5,8H2,1-3H3,(H,12,13). The molecule has 0 saturated heterocycles. The number of carboxylic acids is 1. The van der Waals surface area contributed by atoms with Gasteiger partial charge in [-0.15, -0.1) is 0 Å². The number of carbonyl (C=O) groups is 2. The van der Waals surface area contributed by atoms with Crippen molar-refractivity contribution in [1.82, 2.24) is 0 Å². The zero-order valence-corrected chi connectivity index (χ0v) is 9.45. The Balaban J connectivity index is 4.09. The summed E-state index contributed by atoms with van der Waals surface area (Å²) in [5.74, 6) is -1.77. The van der Waals surface area contributed by atoms with Gasteiger partial charge in [0.2, 0.25) is 0 Å². The van der Waals surface area contributed by atoms with Gasteiger partial charge in [0, 0.05) is 12.2 Å². The predicted octanol–water partition coefficient (Wildman–Crippen LogP) is 2.14. The molecule has 0 aliphatic rings. The molecule has 0 rings (SSSR count). The van der Waals surface area contributed by atoms with E-state index in [9.17, 15) is 9.59 Å². The molecule has 0 fully saturated rings. The van der Waals surface area contributed by atoms with Gasteiger partial charge in [-0.3, -0.25) is 0 Å². The first-order chi connectivity index (χ1) is 6.87.